The SMILES string of the molecule is CC(C)CCCCOC(=O)C(C)(C)C. The Morgan fingerprint density at radius 2 is 1.79 bits per heavy atom. The highest BCUT2D eigenvalue weighted by molar-refractivity contribution is 5.75. The molecule has 0 fully saturated rings. The van der Waals surface area contributed by atoms with Crippen LogP contribution in [0.25, 0.3) is 0 Å². The molecule has 0 radical (unpaired) electrons. The van der Waals surface area contributed by atoms with Crippen molar-refractivity contribution < 1.29 is 9.53 Å². The lowest BCUT2D eigenvalue weighted by molar-refractivity contribution is -0.153. The molecular weight excluding hydrogens is 176 g/mol. The van der Waals surface area contributed by atoms with E-state index < -0.39 is 0 Å². The first-order valence-corrected chi connectivity index (χ1v) is 5.51. The van der Waals surface area contributed by atoms with Crippen LogP contribution in [-0.4, -0.2) is 12.6 Å². The molecule has 2 heteroatoms. The van der Waals surface area contributed by atoms with Gasteiger partial charge in [0.1, 0.15) is 0 Å². The predicted octanol–water partition coefficient (Wildman–Crippen LogP) is 3.40. The summed E-state index contributed by atoms with van der Waals surface area (Å²) >= 11 is 0. The van der Waals surface area contributed by atoms with Gasteiger partial charge >= 0.3 is 5.97 Å². The van der Waals surface area contributed by atoms with E-state index >= 15 is 0 Å². The summed E-state index contributed by atoms with van der Waals surface area (Å²) in [4.78, 5) is 11.3. The summed E-state index contributed by atoms with van der Waals surface area (Å²) in [5, 5.41) is 0. The Morgan fingerprint density at radius 1 is 1.21 bits per heavy atom. The lowest BCUT2D eigenvalue weighted by atomic mass is 9.97. The van der Waals surface area contributed by atoms with Crippen molar-refractivity contribution >= 4 is 5.97 Å². The van der Waals surface area contributed by atoms with Crippen LogP contribution in [-0.2, 0) is 9.53 Å². The van der Waals surface area contributed by atoms with Gasteiger partial charge in [0.25, 0.3) is 0 Å². The number of hydrogen-bond acceptors (Lipinski definition) is 2. The van der Waals surface area contributed by atoms with Crippen molar-refractivity contribution in [2.45, 2.75) is 53.9 Å². The monoisotopic (exact) mass is 200 g/mol. The fourth-order valence-corrected chi connectivity index (χ4v) is 1.04. The fourth-order valence-electron chi connectivity index (χ4n) is 1.04. The molecule has 0 heterocycles. The number of carbonyl (C=O) groups is 1. The molecule has 0 aliphatic rings. The Morgan fingerprint density at radius 3 is 2.21 bits per heavy atom. The van der Waals surface area contributed by atoms with Gasteiger partial charge in [-0.2, -0.15) is 0 Å². The van der Waals surface area contributed by atoms with Gasteiger partial charge in [-0.05, 0) is 39.5 Å². The molecule has 84 valence electrons. The van der Waals surface area contributed by atoms with Crippen molar-refractivity contribution in [1.29, 1.82) is 0 Å². The Bertz CT molecular complexity index is 166. The molecule has 0 bridgehead atoms. The van der Waals surface area contributed by atoms with Crippen molar-refractivity contribution in [3.05, 3.63) is 0 Å². The molecule has 0 unspecified atom stereocenters. The van der Waals surface area contributed by atoms with Crippen LogP contribution in [0.3, 0.4) is 0 Å². The number of ether oxygens (including phenoxy) is 1. The first-order valence-electron chi connectivity index (χ1n) is 5.51. The molecular formula is C12H24O2. The molecule has 0 amide bonds. The van der Waals surface area contributed by atoms with Gasteiger partial charge in [0, 0.05) is 0 Å². The normalized spacial score (nSPS) is 11.9. The largest absolute Gasteiger partial charge is 0.465 e. The van der Waals surface area contributed by atoms with Crippen molar-refractivity contribution in [1.82, 2.24) is 0 Å². The highest BCUT2D eigenvalue weighted by Gasteiger charge is 2.22. The summed E-state index contributed by atoms with van der Waals surface area (Å²) in [6.45, 7) is 10.6. The molecule has 0 aromatic rings. The van der Waals surface area contributed by atoms with Crippen LogP contribution < -0.4 is 0 Å². The van der Waals surface area contributed by atoms with Crippen molar-refractivity contribution in [2.24, 2.45) is 11.3 Å². The van der Waals surface area contributed by atoms with Crippen LogP contribution in [0.1, 0.15) is 53.9 Å². The second kappa shape index (κ2) is 6.05. The van der Waals surface area contributed by atoms with Crippen LogP contribution in [0.4, 0.5) is 0 Å². The van der Waals surface area contributed by atoms with Crippen molar-refractivity contribution in [3.63, 3.8) is 0 Å². The Kier molecular flexibility index (Phi) is 5.82. The van der Waals surface area contributed by atoms with Gasteiger partial charge in [-0.3, -0.25) is 4.79 Å². The van der Waals surface area contributed by atoms with Gasteiger partial charge in [0.05, 0.1) is 12.0 Å². The molecule has 0 saturated carbocycles. The summed E-state index contributed by atoms with van der Waals surface area (Å²) < 4.78 is 5.15. The van der Waals surface area contributed by atoms with Gasteiger partial charge in [0.2, 0.25) is 0 Å². The summed E-state index contributed by atoms with van der Waals surface area (Å²) in [6.07, 6.45) is 3.35. The highest BCUT2D eigenvalue weighted by Crippen LogP contribution is 2.15. The lowest BCUT2D eigenvalue weighted by Gasteiger charge is -2.16. The van der Waals surface area contributed by atoms with E-state index in [2.05, 4.69) is 13.8 Å². The lowest BCUT2D eigenvalue weighted by Crippen LogP contribution is -2.23. The standard InChI is InChI=1S/C12H24O2/c1-10(2)8-6-7-9-14-11(13)12(3,4)5/h10H,6-9H2,1-5H3. The Hall–Kier alpha value is -0.530. The Balaban J connectivity index is 3.42. The molecule has 0 aromatic carbocycles. The van der Waals surface area contributed by atoms with E-state index in [0.29, 0.717) is 6.61 Å². The summed E-state index contributed by atoms with van der Waals surface area (Å²) in [7, 11) is 0. The second-order valence-corrected chi connectivity index (χ2v) is 5.28. The maximum Gasteiger partial charge on any atom is 0.311 e. The average molecular weight is 200 g/mol. The van der Waals surface area contributed by atoms with E-state index in [9.17, 15) is 4.79 Å². The summed E-state index contributed by atoms with van der Waals surface area (Å²) in [5.74, 6) is 0.648. The predicted molar refractivity (Wildman–Crippen MR) is 59.1 cm³/mol. The maximum atomic E-state index is 11.3. The average Bonchev–Trinajstić information content (AvgIpc) is 2.01. The van der Waals surface area contributed by atoms with E-state index in [1.165, 1.54) is 6.42 Å². The van der Waals surface area contributed by atoms with Gasteiger partial charge < -0.3 is 4.74 Å². The van der Waals surface area contributed by atoms with Gasteiger partial charge in [-0.15, -0.1) is 0 Å². The van der Waals surface area contributed by atoms with Gasteiger partial charge in [0.15, 0.2) is 0 Å². The first kappa shape index (κ1) is 13.5. The van der Waals surface area contributed by atoms with E-state index in [1.807, 2.05) is 20.8 Å². The molecule has 0 atom stereocenters. The molecule has 0 aliphatic heterocycles. The third-order valence-electron chi connectivity index (χ3n) is 2.02. The molecule has 2 nitrogen and oxygen atoms in total. The number of esters is 1. The number of rotatable bonds is 5. The minimum absolute atomic E-state index is 0.0953. The summed E-state index contributed by atoms with van der Waals surface area (Å²) in [5.41, 5.74) is -0.363. The fraction of sp³-hybridized carbons (Fsp3) is 0.917. The molecule has 0 saturated heterocycles. The molecule has 14 heavy (non-hydrogen) atoms. The van der Waals surface area contributed by atoms with Crippen LogP contribution in [0.15, 0.2) is 0 Å². The molecule has 0 N–H and O–H groups in total. The van der Waals surface area contributed by atoms with E-state index in [4.69, 9.17) is 4.74 Å². The third kappa shape index (κ3) is 6.93. The van der Waals surface area contributed by atoms with E-state index in [1.54, 1.807) is 0 Å². The summed E-state index contributed by atoms with van der Waals surface area (Å²) in [6, 6.07) is 0. The van der Waals surface area contributed by atoms with Crippen LogP contribution >= 0.6 is 0 Å². The van der Waals surface area contributed by atoms with Crippen molar-refractivity contribution in [3.8, 4) is 0 Å². The third-order valence-corrected chi connectivity index (χ3v) is 2.02. The number of unbranched alkanes of at least 4 members (excludes halogenated alkanes) is 1. The quantitative estimate of drug-likeness (QED) is 0.502. The second-order valence-electron chi connectivity index (χ2n) is 5.28. The van der Waals surface area contributed by atoms with Crippen LogP contribution in [0.2, 0.25) is 0 Å². The zero-order valence-electron chi connectivity index (χ0n) is 10.2. The molecule has 0 aliphatic carbocycles. The van der Waals surface area contributed by atoms with Crippen molar-refractivity contribution in [2.75, 3.05) is 6.61 Å². The van der Waals surface area contributed by atoms with E-state index in [0.717, 1.165) is 18.8 Å². The topological polar surface area (TPSA) is 26.3 Å². The zero-order valence-corrected chi connectivity index (χ0v) is 10.2. The smallest absolute Gasteiger partial charge is 0.311 e. The van der Waals surface area contributed by atoms with Crippen LogP contribution in [0, 0.1) is 11.3 Å². The minimum Gasteiger partial charge on any atom is -0.465 e. The van der Waals surface area contributed by atoms with Gasteiger partial charge in [-0.1, -0.05) is 20.3 Å². The minimum atomic E-state index is -0.363. The number of carbonyl (C=O) groups excluding carboxylic acids is 1. The number of hydrogen-bond donors (Lipinski definition) is 0. The Labute approximate surface area is 88.0 Å². The molecule has 0 spiro atoms. The van der Waals surface area contributed by atoms with E-state index in [-0.39, 0.29) is 11.4 Å². The maximum absolute atomic E-state index is 11.3. The van der Waals surface area contributed by atoms with Crippen LogP contribution in [0.5, 0.6) is 0 Å². The van der Waals surface area contributed by atoms with Gasteiger partial charge in [-0.25, -0.2) is 0 Å². The highest BCUT2D eigenvalue weighted by atomic mass is 16.5. The zero-order chi connectivity index (χ0) is 11.2. The molecule has 0 aromatic heterocycles. The molecule has 0 rings (SSSR count). The first-order chi connectivity index (χ1) is 6.34.